The van der Waals surface area contributed by atoms with E-state index in [9.17, 15) is 31.1 Å². The molecule has 0 aromatic heterocycles. The molecule has 0 aliphatic heterocycles. The van der Waals surface area contributed by atoms with Crippen molar-refractivity contribution in [1.29, 1.82) is 0 Å². The van der Waals surface area contributed by atoms with Crippen molar-refractivity contribution < 1.29 is 31.1 Å². The van der Waals surface area contributed by atoms with Gasteiger partial charge in [0.1, 0.15) is 0 Å². The molecule has 1 amide bonds. The van der Waals surface area contributed by atoms with Gasteiger partial charge >= 0.3 is 12.4 Å². The lowest BCUT2D eigenvalue weighted by Crippen LogP contribution is -2.45. The molecule has 146 valence electrons. The molecular weight excluding hydrogens is 362 g/mol. The molecule has 1 saturated carbocycles. The highest BCUT2D eigenvalue weighted by atomic mass is 19.4. The molecule has 1 aliphatic rings. The van der Waals surface area contributed by atoms with E-state index in [1.54, 1.807) is 0 Å². The predicted molar refractivity (Wildman–Crippen MR) is 82.9 cm³/mol. The average molecular weight is 382 g/mol. The van der Waals surface area contributed by atoms with E-state index in [-0.39, 0.29) is 18.1 Å². The van der Waals surface area contributed by atoms with Gasteiger partial charge < -0.3 is 11.1 Å². The zero-order valence-electron chi connectivity index (χ0n) is 13.9. The minimum atomic E-state index is -4.91. The molecule has 1 aromatic rings. The summed E-state index contributed by atoms with van der Waals surface area (Å²) in [5.74, 6) is -0.486. The Morgan fingerprint density at radius 3 is 1.92 bits per heavy atom. The van der Waals surface area contributed by atoms with Crippen LogP contribution in [0.2, 0.25) is 0 Å². The zero-order chi connectivity index (χ0) is 19.6. The third-order valence-electron chi connectivity index (χ3n) is 4.50. The topological polar surface area (TPSA) is 55.1 Å². The number of rotatable bonds is 4. The lowest BCUT2D eigenvalue weighted by Gasteiger charge is -2.32. The minimum absolute atomic E-state index is 0.00190. The van der Waals surface area contributed by atoms with Gasteiger partial charge in [-0.3, -0.25) is 4.79 Å². The van der Waals surface area contributed by atoms with Gasteiger partial charge in [0.05, 0.1) is 11.1 Å². The number of amides is 1. The van der Waals surface area contributed by atoms with Gasteiger partial charge in [-0.1, -0.05) is 19.3 Å². The van der Waals surface area contributed by atoms with E-state index in [0.717, 1.165) is 19.3 Å². The maximum atomic E-state index is 12.8. The highest BCUT2D eigenvalue weighted by Gasteiger charge is 2.37. The van der Waals surface area contributed by atoms with Crippen LogP contribution in [-0.2, 0) is 23.7 Å². The standard InChI is InChI=1S/C17H20F6N2O/c18-16(19,20)12-6-11(7-13(8-12)17(21,22)23)10-25-14(26)9-15(24)4-2-1-3-5-15/h6-8H,1-5,9-10,24H2,(H,25,26). The lowest BCUT2D eigenvalue weighted by atomic mass is 9.80. The molecular formula is C17H20F6N2O. The van der Waals surface area contributed by atoms with Gasteiger partial charge in [0.25, 0.3) is 0 Å². The van der Waals surface area contributed by atoms with Crippen molar-refractivity contribution in [1.82, 2.24) is 5.32 Å². The summed E-state index contributed by atoms with van der Waals surface area (Å²) in [6.45, 7) is -0.429. The van der Waals surface area contributed by atoms with Crippen LogP contribution in [0.25, 0.3) is 0 Å². The zero-order valence-corrected chi connectivity index (χ0v) is 13.9. The Labute approximate surface area is 146 Å². The van der Waals surface area contributed by atoms with Gasteiger partial charge in [0, 0.05) is 18.5 Å². The monoisotopic (exact) mass is 382 g/mol. The van der Waals surface area contributed by atoms with Gasteiger partial charge in [0.15, 0.2) is 0 Å². The molecule has 3 nitrogen and oxygen atoms in total. The van der Waals surface area contributed by atoms with Gasteiger partial charge in [0.2, 0.25) is 5.91 Å². The quantitative estimate of drug-likeness (QED) is 0.759. The van der Waals surface area contributed by atoms with Crippen molar-refractivity contribution in [3.8, 4) is 0 Å². The molecule has 9 heteroatoms. The summed E-state index contributed by atoms with van der Waals surface area (Å²) in [5, 5.41) is 2.38. The summed E-state index contributed by atoms with van der Waals surface area (Å²) >= 11 is 0. The van der Waals surface area contributed by atoms with Crippen molar-refractivity contribution in [2.24, 2.45) is 5.73 Å². The number of carbonyl (C=O) groups excluding carboxylic acids is 1. The van der Waals surface area contributed by atoms with Crippen LogP contribution in [-0.4, -0.2) is 11.4 Å². The van der Waals surface area contributed by atoms with E-state index < -0.39 is 41.5 Å². The van der Waals surface area contributed by atoms with Crippen molar-refractivity contribution in [2.45, 2.75) is 63.0 Å². The SMILES string of the molecule is NC1(CC(=O)NCc2cc(C(F)(F)F)cc(C(F)(F)F)c2)CCCCC1. The fourth-order valence-electron chi connectivity index (χ4n) is 3.14. The van der Waals surface area contributed by atoms with E-state index in [4.69, 9.17) is 5.73 Å². The molecule has 0 unspecified atom stereocenters. The van der Waals surface area contributed by atoms with Crippen LogP contribution in [0.4, 0.5) is 26.3 Å². The first-order valence-corrected chi connectivity index (χ1v) is 8.23. The largest absolute Gasteiger partial charge is 0.416 e. The normalized spacial score (nSPS) is 17.8. The second-order valence-electron chi connectivity index (χ2n) is 6.79. The molecule has 0 saturated heterocycles. The van der Waals surface area contributed by atoms with E-state index in [2.05, 4.69) is 5.32 Å². The average Bonchev–Trinajstić information content (AvgIpc) is 2.51. The van der Waals surface area contributed by atoms with Crippen LogP contribution in [0.15, 0.2) is 18.2 Å². The van der Waals surface area contributed by atoms with Crippen LogP contribution in [0, 0.1) is 0 Å². The van der Waals surface area contributed by atoms with Crippen LogP contribution in [0.3, 0.4) is 0 Å². The Hall–Kier alpha value is -1.77. The second-order valence-corrected chi connectivity index (χ2v) is 6.79. The second kappa shape index (κ2) is 7.46. The maximum absolute atomic E-state index is 12.8. The number of hydrogen-bond donors (Lipinski definition) is 2. The van der Waals surface area contributed by atoms with E-state index in [0.29, 0.717) is 25.0 Å². The van der Waals surface area contributed by atoms with Crippen LogP contribution in [0.1, 0.15) is 55.2 Å². The number of hydrogen-bond acceptors (Lipinski definition) is 2. The number of alkyl halides is 6. The smallest absolute Gasteiger partial charge is 0.352 e. The fraction of sp³-hybridized carbons (Fsp3) is 0.588. The molecule has 3 N–H and O–H groups in total. The number of nitrogens with two attached hydrogens (primary N) is 1. The van der Waals surface area contributed by atoms with Gasteiger partial charge in [-0.2, -0.15) is 26.3 Å². The number of halogens is 6. The molecule has 0 heterocycles. The Morgan fingerprint density at radius 2 is 1.46 bits per heavy atom. The molecule has 0 spiro atoms. The molecule has 0 radical (unpaired) electrons. The molecule has 26 heavy (non-hydrogen) atoms. The minimum Gasteiger partial charge on any atom is -0.352 e. The summed E-state index contributed by atoms with van der Waals surface area (Å²) in [5.41, 5.74) is 2.40. The number of carbonyl (C=O) groups is 1. The van der Waals surface area contributed by atoms with E-state index in [1.165, 1.54) is 0 Å². The Kier molecular flexibility index (Phi) is 5.89. The summed E-state index contributed by atoms with van der Waals surface area (Å²) < 4.78 is 76.9. The van der Waals surface area contributed by atoms with Crippen molar-refractivity contribution in [2.75, 3.05) is 0 Å². The summed E-state index contributed by atoms with van der Waals surface area (Å²) in [4.78, 5) is 12.0. The predicted octanol–water partition coefficient (Wildman–Crippen LogP) is 4.39. The first-order chi connectivity index (χ1) is 11.9. The molecule has 0 atom stereocenters. The third-order valence-corrected chi connectivity index (χ3v) is 4.50. The highest BCUT2D eigenvalue weighted by molar-refractivity contribution is 5.77. The number of benzene rings is 1. The third kappa shape index (κ3) is 5.62. The maximum Gasteiger partial charge on any atom is 0.416 e. The highest BCUT2D eigenvalue weighted by Crippen LogP contribution is 2.36. The van der Waals surface area contributed by atoms with E-state index >= 15 is 0 Å². The fourth-order valence-corrected chi connectivity index (χ4v) is 3.14. The lowest BCUT2D eigenvalue weighted by molar-refractivity contribution is -0.143. The number of nitrogens with one attached hydrogen (secondary N) is 1. The Balaban J connectivity index is 2.09. The first-order valence-electron chi connectivity index (χ1n) is 8.23. The van der Waals surface area contributed by atoms with Crippen LogP contribution in [0.5, 0.6) is 0 Å². The molecule has 1 aromatic carbocycles. The first kappa shape index (κ1) is 20.5. The Morgan fingerprint density at radius 1 is 0.962 bits per heavy atom. The van der Waals surface area contributed by atoms with Gasteiger partial charge in [-0.25, -0.2) is 0 Å². The molecule has 0 bridgehead atoms. The van der Waals surface area contributed by atoms with Crippen LogP contribution >= 0.6 is 0 Å². The molecule has 1 fully saturated rings. The molecule has 1 aliphatic carbocycles. The summed E-state index contributed by atoms with van der Waals surface area (Å²) in [6.07, 6.45) is -5.67. The van der Waals surface area contributed by atoms with Gasteiger partial charge in [-0.15, -0.1) is 0 Å². The molecule has 2 rings (SSSR count). The van der Waals surface area contributed by atoms with Crippen molar-refractivity contribution in [3.05, 3.63) is 34.9 Å². The van der Waals surface area contributed by atoms with E-state index in [1.807, 2.05) is 0 Å². The Bertz CT molecular complexity index is 615. The van der Waals surface area contributed by atoms with Crippen molar-refractivity contribution >= 4 is 5.91 Å². The van der Waals surface area contributed by atoms with Gasteiger partial charge in [-0.05, 0) is 36.6 Å². The van der Waals surface area contributed by atoms with Crippen molar-refractivity contribution in [3.63, 3.8) is 0 Å². The summed E-state index contributed by atoms with van der Waals surface area (Å²) in [7, 11) is 0. The summed E-state index contributed by atoms with van der Waals surface area (Å²) in [6, 6.07) is 1.27. The van der Waals surface area contributed by atoms with Crippen LogP contribution < -0.4 is 11.1 Å².